The smallest absolute Gasteiger partial charge is 0.128 e. The number of aromatic nitrogens is 1. The molecule has 1 aromatic heterocycles. The Balaban J connectivity index is 2.89. The summed E-state index contributed by atoms with van der Waals surface area (Å²) >= 11 is 6.26. The molecule has 0 bridgehead atoms. The van der Waals surface area contributed by atoms with Gasteiger partial charge in [0, 0.05) is 25.2 Å². The summed E-state index contributed by atoms with van der Waals surface area (Å²) in [6.07, 6.45) is 0. The summed E-state index contributed by atoms with van der Waals surface area (Å²) < 4.78 is 0. The van der Waals surface area contributed by atoms with Crippen LogP contribution in [0.5, 0.6) is 0 Å². The van der Waals surface area contributed by atoms with Crippen LogP contribution in [0.1, 0.15) is 47.2 Å². The van der Waals surface area contributed by atoms with Crippen LogP contribution in [0.3, 0.4) is 0 Å². The normalized spacial score (nSPS) is 12.0. The first-order valence-electron chi connectivity index (χ1n) is 7.38. The van der Waals surface area contributed by atoms with Gasteiger partial charge < -0.3 is 10.2 Å². The Bertz CT molecular complexity index is 424. The predicted octanol–water partition coefficient (Wildman–Crippen LogP) is 4.11. The summed E-state index contributed by atoms with van der Waals surface area (Å²) in [6.45, 7) is 15.7. The van der Waals surface area contributed by atoms with E-state index in [4.69, 9.17) is 16.6 Å². The SMILES string of the molecule is CCN(CC(C)C)c1ccc(Cl)c(CNC(C)(C)C)n1. The molecule has 0 aliphatic carbocycles. The van der Waals surface area contributed by atoms with Crippen LogP contribution in [0.2, 0.25) is 5.02 Å². The van der Waals surface area contributed by atoms with Crippen LogP contribution in [0.15, 0.2) is 12.1 Å². The zero-order valence-corrected chi connectivity index (χ0v) is 14.4. The van der Waals surface area contributed by atoms with Crippen molar-refractivity contribution >= 4 is 17.4 Å². The Morgan fingerprint density at radius 2 is 1.95 bits per heavy atom. The van der Waals surface area contributed by atoms with E-state index in [-0.39, 0.29) is 5.54 Å². The van der Waals surface area contributed by atoms with Crippen LogP contribution in [-0.4, -0.2) is 23.6 Å². The minimum absolute atomic E-state index is 0.0589. The molecule has 0 fully saturated rings. The summed E-state index contributed by atoms with van der Waals surface area (Å²) in [7, 11) is 0. The number of rotatable bonds is 6. The molecule has 1 rings (SSSR count). The molecule has 20 heavy (non-hydrogen) atoms. The standard InChI is InChI=1S/C16H28ClN3/c1-7-20(11-12(2)3)15-9-8-13(17)14(19-15)10-18-16(4,5)6/h8-9,12,18H,7,10-11H2,1-6H3. The number of nitrogens with zero attached hydrogens (tertiary/aromatic N) is 2. The highest BCUT2D eigenvalue weighted by Crippen LogP contribution is 2.20. The quantitative estimate of drug-likeness (QED) is 0.856. The molecule has 0 saturated heterocycles. The van der Waals surface area contributed by atoms with E-state index in [2.05, 4.69) is 51.8 Å². The third kappa shape index (κ3) is 5.68. The number of anilines is 1. The number of pyridine rings is 1. The summed E-state index contributed by atoms with van der Waals surface area (Å²) in [5.74, 6) is 1.62. The van der Waals surface area contributed by atoms with E-state index >= 15 is 0 Å². The predicted molar refractivity (Wildman–Crippen MR) is 88.6 cm³/mol. The summed E-state index contributed by atoms with van der Waals surface area (Å²) in [5, 5.41) is 4.17. The van der Waals surface area contributed by atoms with Crippen molar-refractivity contribution in [3.63, 3.8) is 0 Å². The van der Waals surface area contributed by atoms with Crippen LogP contribution in [0, 0.1) is 5.92 Å². The van der Waals surface area contributed by atoms with Crippen molar-refractivity contribution in [2.75, 3.05) is 18.0 Å². The van der Waals surface area contributed by atoms with Gasteiger partial charge in [0.1, 0.15) is 5.82 Å². The van der Waals surface area contributed by atoms with Crippen LogP contribution in [0.4, 0.5) is 5.82 Å². The second-order valence-corrected chi connectivity index (χ2v) is 7.04. The van der Waals surface area contributed by atoms with Crippen LogP contribution in [0.25, 0.3) is 0 Å². The minimum atomic E-state index is 0.0589. The Kier molecular flexibility index (Phi) is 6.28. The van der Waals surface area contributed by atoms with Crippen molar-refractivity contribution in [3.8, 4) is 0 Å². The molecule has 0 aliphatic heterocycles. The molecule has 0 aromatic carbocycles. The summed E-state index contributed by atoms with van der Waals surface area (Å²) in [5.41, 5.74) is 0.977. The topological polar surface area (TPSA) is 28.2 Å². The Morgan fingerprint density at radius 1 is 1.30 bits per heavy atom. The van der Waals surface area contributed by atoms with Gasteiger partial charge >= 0.3 is 0 Å². The molecule has 0 unspecified atom stereocenters. The Morgan fingerprint density at radius 3 is 2.45 bits per heavy atom. The van der Waals surface area contributed by atoms with Crippen LogP contribution >= 0.6 is 11.6 Å². The minimum Gasteiger partial charge on any atom is -0.357 e. The highest BCUT2D eigenvalue weighted by atomic mass is 35.5. The van der Waals surface area contributed by atoms with E-state index in [9.17, 15) is 0 Å². The molecule has 114 valence electrons. The van der Waals surface area contributed by atoms with Gasteiger partial charge in [-0.25, -0.2) is 4.98 Å². The van der Waals surface area contributed by atoms with E-state index < -0.39 is 0 Å². The Labute approximate surface area is 128 Å². The van der Waals surface area contributed by atoms with E-state index in [1.807, 2.05) is 12.1 Å². The van der Waals surface area contributed by atoms with Crippen LogP contribution in [-0.2, 0) is 6.54 Å². The van der Waals surface area contributed by atoms with Gasteiger partial charge in [0.25, 0.3) is 0 Å². The highest BCUT2D eigenvalue weighted by molar-refractivity contribution is 6.31. The molecule has 0 aliphatic rings. The number of hydrogen-bond acceptors (Lipinski definition) is 3. The monoisotopic (exact) mass is 297 g/mol. The maximum atomic E-state index is 6.26. The molecule has 0 radical (unpaired) electrons. The first kappa shape index (κ1) is 17.3. The molecular formula is C16H28ClN3. The second kappa shape index (κ2) is 7.28. The number of hydrogen-bond donors (Lipinski definition) is 1. The van der Waals surface area contributed by atoms with Crippen LogP contribution < -0.4 is 10.2 Å². The van der Waals surface area contributed by atoms with Gasteiger partial charge in [0.15, 0.2) is 0 Å². The second-order valence-electron chi connectivity index (χ2n) is 6.63. The van der Waals surface area contributed by atoms with Gasteiger partial charge in [-0.1, -0.05) is 25.4 Å². The van der Waals surface area contributed by atoms with Gasteiger partial charge in [-0.05, 0) is 45.7 Å². The Hall–Kier alpha value is -0.800. The largest absolute Gasteiger partial charge is 0.357 e. The molecular weight excluding hydrogens is 270 g/mol. The lowest BCUT2D eigenvalue weighted by Gasteiger charge is -2.25. The first-order valence-corrected chi connectivity index (χ1v) is 7.76. The fraction of sp³-hybridized carbons (Fsp3) is 0.688. The molecule has 0 saturated carbocycles. The van der Waals surface area contributed by atoms with Crippen molar-refractivity contribution in [2.24, 2.45) is 5.92 Å². The third-order valence-electron chi connectivity index (χ3n) is 2.98. The number of nitrogens with one attached hydrogen (secondary N) is 1. The average Bonchev–Trinajstić information content (AvgIpc) is 2.34. The van der Waals surface area contributed by atoms with Gasteiger partial charge in [-0.15, -0.1) is 0 Å². The maximum Gasteiger partial charge on any atom is 0.128 e. The van der Waals surface area contributed by atoms with E-state index in [0.717, 1.165) is 29.6 Å². The zero-order chi connectivity index (χ0) is 15.3. The molecule has 0 atom stereocenters. The number of halogens is 1. The van der Waals surface area contributed by atoms with Crippen molar-refractivity contribution in [1.82, 2.24) is 10.3 Å². The van der Waals surface area contributed by atoms with Gasteiger partial charge in [-0.3, -0.25) is 0 Å². The first-order chi connectivity index (χ1) is 9.23. The molecule has 4 heteroatoms. The third-order valence-corrected chi connectivity index (χ3v) is 3.33. The fourth-order valence-electron chi connectivity index (χ4n) is 1.95. The highest BCUT2D eigenvalue weighted by Gasteiger charge is 2.13. The molecule has 1 heterocycles. The van der Waals surface area contributed by atoms with E-state index in [0.29, 0.717) is 12.5 Å². The molecule has 1 aromatic rings. The molecule has 3 nitrogen and oxygen atoms in total. The van der Waals surface area contributed by atoms with Crippen molar-refractivity contribution in [2.45, 2.75) is 53.6 Å². The van der Waals surface area contributed by atoms with Crippen molar-refractivity contribution < 1.29 is 0 Å². The fourth-order valence-corrected chi connectivity index (χ4v) is 2.12. The van der Waals surface area contributed by atoms with Crippen molar-refractivity contribution in [3.05, 3.63) is 22.8 Å². The maximum absolute atomic E-state index is 6.26. The molecule has 1 N–H and O–H groups in total. The molecule has 0 spiro atoms. The average molecular weight is 298 g/mol. The van der Waals surface area contributed by atoms with Crippen molar-refractivity contribution in [1.29, 1.82) is 0 Å². The zero-order valence-electron chi connectivity index (χ0n) is 13.6. The van der Waals surface area contributed by atoms with E-state index in [1.54, 1.807) is 0 Å². The lowest BCUT2D eigenvalue weighted by atomic mass is 10.1. The lowest BCUT2D eigenvalue weighted by molar-refractivity contribution is 0.421. The van der Waals surface area contributed by atoms with Gasteiger partial charge in [0.05, 0.1) is 10.7 Å². The van der Waals surface area contributed by atoms with E-state index in [1.165, 1.54) is 0 Å². The lowest BCUT2D eigenvalue weighted by Crippen LogP contribution is -2.35. The van der Waals surface area contributed by atoms with Gasteiger partial charge in [-0.2, -0.15) is 0 Å². The van der Waals surface area contributed by atoms with Gasteiger partial charge in [0.2, 0.25) is 0 Å². The summed E-state index contributed by atoms with van der Waals surface area (Å²) in [6, 6.07) is 3.96. The molecule has 0 amide bonds. The summed E-state index contributed by atoms with van der Waals surface area (Å²) in [4.78, 5) is 7.02.